The summed E-state index contributed by atoms with van der Waals surface area (Å²) in [6.07, 6.45) is 2.06. The summed E-state index contributed by atoms with van der Waals surface area (Å²) in [5.41, 5.74) is 0.688. The Kier molecular flexibility index (Phi) is 5.36. The van der Waals surface area contributed by atoms with Crippen LogP contribution in [0.15, 0.2) is 23.0 Å². The van der Waals surface area contributed by atoms with Crippen LogP contribution in [0.2, 0.25) is 0 Å². The molecule has 0 saturated carbocycles. The lowest BCUT2D eigenvalue weighted by molar-refractivity contribution is 0.122. The van der Waals surface area contributed by atoms with E-state index in [2.05, 4.69) is 20.6 Å². The van der Waals surface area contributed by atoms with Crippen molar-refractivity contribution in [3.63, 3.8) is 0 Å². The lowest BCUT2D eigenvalue weighted by Gasteiger charge is -2.29. The van der Waals surface area contributed by atoms with Gasteiger partial charge in [0.25, 0.3) is 5.56 Å². The van der Waals surface area contributed by atoms with E-state index in [-0.39, 0.29) is 17.4 Å². The van der Waals surface area contributed by atoms with Crippen molar-refractivity contribution in [2.75, 3.05) is 49.6 Å². The largest absolute Gasteiger partial charge is 0.378 e. The molecule has 3 aromatic rings. The van der Waals surface area contributed by atoms with E-state index in [1.165, 1.54) is 23.5 Å². The summed E-state index contributed by atoms with van der Waals surface area (Å²) in [6.45, 7) is 4.36. The van der Waals surface area contributed by atoms with Gasteiger partial charge in [-0.1, -0.05) is 0 Å². The monoisotopic (exact) mass is 430 g/mol. The van der Waals surface area contributed by atoms with Gasteiger partial charge in [-0.2, -0.15) is 4.98 Å². The number of piperidine rings is 1. The zero-order valence-corrected chi connectivity index (χ0v) is 17.2. The average molecular weight is 431 g/mol. The lowest BCUT2D eigenvalue weighted by atomic mass is 10.1. The van der Waals surface area contributed by atoms with E-state index >= 15 is 0 Å². The number of nitrogens with one attached hydrogen (secondary N) is 3. The van der Waals surface area contributed by atoms with Gasteiger partial charge in [0.05, 0.1) is 23.4 Å². The standard InChI is InChI=1S/C20H23FN6O2S/c21-12-3-4-15-14(10-12)24-19(30-15)16-17(23-13-2-1-5-22-11-13)25-20(26-18(16)28)27-6-8-29-9-7-27/h3-4,10,13,22H,1-2,5-9,11H2,(H2,23,25,26,28). The first-order valence-electron chi connectivity index (χ1n) is 10.2. The Morgan fingerprint density at radius 2 is 2.13 bits per heavy atom. The topological polar surface area (TPSA) is 95.2 Å². The predicted octanol–water partition coefficient (Wildman–Crippen LogP) is 2.19. The third-order valence-corrected chi connectivity index (χ3v) is 6.47. The zero-order valence-electron chi connectivity index (χ0n) is 16.4. The molecule has 0 bridgehead atoms. The Hall–Kier alpha value is -2.56. The molecule has 158 valence electrons. The SMILES string of the molecule is O=c1[nH]c(N2CCOCC2)nc(NC2CCCNC2)c1-c1nc2cc(F)ccc2s1. The number of ether oxygens (including phenoxy) is 1. The number of hydrogen-bond acceptors (Lipinski definition) is 8. The van der Waals surface area contributed by atoms with E-state index in [0.717, 1.165) is 30.6 Å². The number of aromatic nitrogens is 3. The van der Waals surface area contributed by atoms with E-state index in [4.69, 9.17) is 9.72 Å². The number of H-pyrrole nitrogens is 1. The number of morpholine rings is 1. The summed E-state index contributed by atoms with van der Waals surface area (Å²) in [5.74, 6) is 0.708. The molecule has 30 heavy (non-hydrogen) atoms. The summed E-state index contributed by atoms with van der Waals surface area (Å²) in [4.78, 5) is 27.4. The Labute approximate surface area is 176 Å². The zero-order chi connectivity index (χ0) is 20.5. The number of benzene rings is 1. The molecular weight excluding hydrogens is 407 g/mol. The van der Waals surface area contributed by atoms with Gasteiger partial charge in [0.2, 0.25) is 5.95 Å². The number of hydrogen-bond donors (Lipinski definition) is 3. The molecule has 1 unspecified atom stereocenters. The van der Waals surface area contributed by atoms with Crippen LogP contribution in [0.5, 0.6) is 0 Å². The van der Waals surface area contributed by atoms with Crippen molar-refractivity contribution in [1.82, 2.24) is 20.3 Å². The van der Waals surface area contributed by atoms with Crippen LogP contribution >= 0.6 is 11.3 Å². The second kappa shape index (κ2) is 8.29. The van der Waals surface area contributed by atoms with Crippen LogP contribution < -0.4 is 21.1 Å². The van der Waals surface area contributed by atoms with Crippen LogP contribution in [-0.4, -0.2) is 60.4 Å². The molecule has 3 N–H and O–H groups in total. The minimum atomic E-state index is -0.347. The van der Waals surface area contributed by atoms with Crippen molar-refractivity contribution in [2.24, 2.45) is 0 Å². The van der Waals surface area contributed by atoms with Gasteiger partial charge in [0.1, 0.15) is 22.2 Å². The first-order valence-corrected chi connectivity index (χ1v) is 11.0. The summed E-state index contributed by atoms with van der Waals surface area (Å²) in [6, 6.07) is 4.66. The molecule has 2 fully saturated rings. The van der Waals surface area contributed by atoms with Gasteiger partial charge in [-0.25, -0.2) is 9.37 Å². The van der Waals surface area contributed by atoms with E-state index in [9.17, 15) is 9.18 Å². The number of fused-ring (bicyclic) bond motifs is 1. The Morgan fingerprint density at radius 3 is 2.93 bits per heavy atom. The highest BCUT2D eigenvalue weighted by Gasteiger charge is 2.23. The third-order valence-electron chi connectivity index (χ3n) is 5.42. The van der Waals surface area contributed by atoms with Crippen molar-refractivity contribution >= 4 is 33.3 Å². The van der Waals surface area contributed by atoms with E-state index in [1.807, 2.05) is 4.90 Å². The fraction of sp³-hybridized carbons (Fsp3) is 0.450. The van der Waals surface area contributed by atoms with Gasteiger partial charge in [-0.3, -0.25) is 9.78 Å². The van der Waals surface area contributed by atoms with Crippen LogP contribution in [0.1, 0.15) is 12.8 Å². The van der Waals surface area contributed by atoms with Gasteiger partial charge < -0.3 is 20.3 Å². The van der Waals surface area contributed by atoms with Crippen LogP contribution in [0.4, 0.5) is 16.2 Å². The molecule has 2 aliphatic heterocycles. The molecule has 0 aliphatic carbocycles. The number of halogens is 1. The molecule has 10 heteroatoms. The Bertz CT molecular complexity index is 1100. The van der Waals surface area contributed by atoms with E-state index < -0.39 is 0 Å². The maximum atomic E-state index is 13.6. The molecule has 0 radical (unpaired) electrons. The second-order valence-electron chi connectivity index (χ2n) is 7.53. The highest BCUT2D eigenvalue weighted by atomic mass is 32.1. The van der Waals surface area contributed by atoms with Crippen LogP contribution in [-0.2, 0) is 4.74 Å². The van der Waals surface area contributed by atoms with E-state index in [0.29, 0.717) is 54.2 Å². The van der Waals surface area contributed by atoms with Crippen molar-refractivity contribution in [2.45, 2.75) is 18.9 Å². The van der Waals surface area contributed by atoms with Gasteiger partial charge in [0, 0.05) is 31.7 Å². The molecule has 4 heterocycles. The highest BCUT2D eigenvalue weighted by molar-refractivity contribution is 7.21. The summed E-state index contributed by atoms with van der Waals surface area (Å²) >= 11 is 1.36. The summed E-state index contributed by atoms with van der Waals surface area (Å²) in [5, 5.41) is 7.37. The molecule has 0 spiro atoms. The normalized spacial score (nSPS) is 19.9. The first kappa shape index (κ1) is 19.4. The Morgan fingerprint density at radius 1 is 1.27 bits per heavy atom. The quantitative estimate of drug-likeness (QED) is 0.584. The summed E-state index contributed by atoms with van der Waals surface area (Å²) < 4.78 is 19.9. The van der Waals surface area contributed by atoms with Gasteiger partial charge in [-0.15, -0.1) is 11.3 Å². The van der Waals surface area contributed by atoms with Crippen LogP contribution in [0.25, 0.3) is 20.8 Å². The third kappa shape index (κ3) is 3.90. The molecule has 2 aromatic heterocycles. The Balaban J connectivity index is 1.58. The predicted molar refractivity (Wildman–Crippen MR) is 116 cm³/mol. The van der Waals surface area contributed by atoms with Gasteiger partial charge in [-0.05, 0) is 31.5 Å². The summed E-state index contributed by atoms with van der Waals surface area (Å²) in [7, 11) is 0. The highest BCUT2D eigenvalue weighted by Crippen LogP contribution is 2.33. The lowest BCUT2D eigenvalue weighted by Crippen LogP contribution is -2.40. The van der Waals surface area contributed by atoms with E-state index in [1.54, 1.807) is 6.07 Å². The second-order valence-corrected chi connectivity index (χ2v) is 8.56. The van der Waals surface area contributed by atoms with Gasteiger partial charge in [0.15, 0.2) is 0 Å². The van der Waals surface area contributed by atoms with Crippen molar-refractivity contribution in [3.05, 3.63) is 34.4 Å². The van der Waals surface area contributed by atoms with Crippen molar-refractivity contribution in [1.29, 1.82) is 0 Å². The fourth-order valence-electron chi connectivity index (χ4n) is 3.86. The van der Waals surface area contributed by atoms with Gasteiger partial charge >= 0.3 is 0 Å². The van der Waals surface area contributed by atoms with Crippen molar-refractivity contribution in [3.8, 4) is 10.6 Å². The average Bonchev–Trinajstić information content (AvgIpc) is 3.17. The van der Waals surface area contributed by atoms with Crippen molar-refractivity contribution < 1.29 is 9.13 Å². The minimum absolute atomic E-state index is 0.177. The maximum absolute atomic E-state index is 13.6. The number of aromatic amines is 1. The molecule has 1 aromatic carbocycles. The molecule has 0 amide bonds. The number of nitrogens with zero attached hydrogens (tertiary/aromatic N) is 3. The smallest absolute Gasteiger partial charge is 0.264 e. The fourth-order valence-corrected chi connectivity index (χ4v) is 4.85. The maximum Gasteiger partial charge on any atom is 0.264 e. The van der Waals surface area contributed by atoms with Crippen LogP contribution in [0, 0.1) is 5.82 Å². The molecule has 5 rings (SSSR count). The number of thiazole rings is 1. The minimum Gasteiger partial charge on any atom is -0.378 e. The molecule has 8 nitrogen and oxygen atoms in total. The number of rotatable bonds is 4. The molecule has 2 aliphatic rings. The molecule has 1 atom stereocenters. The molecule has 2 saturated heterocycles. The van der Waals surface area contributed by atoms with Crippen LogP contribution in [0.3, 0.4) is 0 Å². The first-order chi connectivity index (χ1) is 14.7. The molecular formula is C20H23FN6O2S. The number of anilines is 2.